The monoisotopic (exact) mass is 562 g/mol. The SMILES string of the molecule is COCC(=O)N1CCCN(Cc2ccc(Cl)cc2)CCCN(C(=O)CCCc2ccncc2)Cc2ccccc21. The maximum Gasteiger partial charge on any atom is 0.252 e. The van der Waals surface area contributed by atoms with E-state index in [2.05, 4.69) is 22.0 Å². The van der Waals surface area contributed by atoms with Gasteiger partial charge in [0.25, 0.3) is 5.91 Å². The minimum absolute atomic E-state index is 0.0144. The van der Waals surface area contributed by atoms with Crippen LogP contribution in [0.4, 0.5) is 5.69 Å². The third-order valence-electron chi connectivity index (χ3n) is 7.25. The van der Waals surface area contributed by atoms with Crippen LogP contribution in [0.1, 0.15) is 42.4 Å². The number of anilines is 1. The van der Waals surface area contributed by atoms with Crippen molar-refractivity contribution in [1.82, 2.24) is 14.8 Å². The Labute approximate surface area is 242 Å². The molecule has 3 aromatic rings. The Kier molecular flexibility index (Phi) is 11.5. The molecule has 0 bridgehead atoms. The summed E-state index contributed by atoms with van der Waals surface area (Å²) in [4.78, 5) is 37.0. The molecule has 0 unspecified atom stereocenters. The van der Waals surface area contributed by atoms with Crippen molar-refractivity contribution in [2.75, 3.05) is 44.8 Å². The topological polar surface area (TPSA) is 66.0 Å². The van der Waals surface area contributed by atoms with Crippen molar-refractivity contribution in [2.45, 2.75) is 45.2 Å². The number of hydrogen-bond acceptors (Lipinski definition) is 5. The van der Waals surface area contributed by atoms with Gasteiger partial charge in [-0.2, -0.15) is 0 Å². The summed E-state index contributed by atoms with van der Waals surface area (Å²) in [5.74, 6) is 0.0615. The zero-order chi connectivity index (χ0) is 28.2. The highest BCUT2D eigenvalue weighted by Gasteiger charge is 2.23. The average molecular weight is 563 g/mol. The van der Waals surface area contributed by atoms with E-state index in [1.54, 1.807) is 19.5 Å². The highest BCUT2D eigenvalue weighted by molar-refractivity contribution is 6.30. The van der Waals surface area contributed by atoms with Crippen molar-refractivity contribution in [3.05, 3.63) is 94.8 Å². The summed E-state index contributed by atoms with van der Waals surface area (Å²) in [6.07, 6.45) is 7.38. The third-order valence-corrected chi connectivity index (χ3v) is 7.50. The van der Waals surface area contributed by atoms with Crippen LogP contribution in [-0.2, 0) is 33.8 Å². The quantitative estimate of drug-likeness (QED) is 0.370. The number of aryl methyl sites for hydroxylation is 1. The Balaban J connectivity index is 1.53. The summed E-state index contributed by atoms with van der Waals surface area (Å²) in [6.45, 7) is 4.21. The maximum absolute atomic E-state index is 13.5. The minimum Gasteiger partial charge on any atom is -0.375 e. The van der Waals surface area contributed by atoms with E-state index in [0.29, 0.717) is 26.1 Å². The molecular formula is C32H39ClN4O3. The summed E-state index contributed by atoms with van der Waals surface area (Å²) in [7, 11) is 1.54. The predicted octanol–water partition coefficient (Wildman–Crippen LogP) is 5.36. The van der Waals surface area contributed by atoms with Gasteiger partial charge in [-0.15, -0.1) is 0 Å². The molecule has 0 N–H and O–H groups in total. The van der Waals surface area contributed by atoms with Crippen molar-refractivity contribution in [2.24, 2.45) is 0 Å². The molecule has 0 radical (unpaired) electrons. The number of aromatic nitrogens is 1. The molecule has 1 aliphatic rings. The first kappa shape index (κ1) is 29.7. The van der Waals surface area contributed by atoms with E-state index in [-0.39, 0.29) is 18.4 Å². The number of amides is 2. The Bertz CT molecular complexity index is 1220. The van der Waals surface area contributed by atoms with Gasteiger partial charge >= 0.3 is 0 Å². The van der Waals surface area contributed by atoms with E-state index in [4.69, 9.17) is 16.3 Å². The molecule has 0 aliphatic carbocycles. The lowest BCUT2D eigenvalue weighted by Crippen LogP contribution is -2.40. The number of hydrogen-bond donors (Lipinski definition) is 0. The number of ether oxygens (including phenoxy) is 1. The molecule has 2 heterocycles. The molecule has 0 saturated heterocycles. The number of fused-ring (bicyclic) bond motifs is 1. The van der Waals surface area contributed by atoms with Gasteiger partial charge in [0.05, 0.1) is 0 Å². The van der Waals surface area contributed by atoms with Crippen molar-refractivity contribution in [1.29, 1.82) is 0 Å². The second-order valence-electron chi connectivity index (χ2n) is 10.2. The number of para-hydroxylation sites is 1. The molecule has 0 spiro atoms. The highest BCUT2D eigenvalue weighted by Crippen LogP contribution is 2.24. The van der Waals surface area contributed by atoms with Gasteiger partial charge in [0.15, 0.2) is 0 Å². The van der Waals surface area contributed by atoms with Gasteiger partial charge in [0.1, 0.15) is 6.61 Å². The summed E-state index contributed by atoms with van der Waals surface area (Å²) in [5.41, 5.74) is 4.21. The van der Waals surface area contributed by atoms with Gasteiger partial charge < -0.3 is 14.5 Å². The maximum atomic E-state index is 13.5. The van der Waals surface area contributed by atoms with Crippen LogP contribution in [-0.4, -0.2) is 66.5 Å². The molecule has 2 aromatic carbocycles. The van der Waals surface area contributed by atoms with Gasteiger partial charge in [-0.25, -0.2) is 0 Å². The molecule has 0 fully saturated rings. The molecule has 1 aromatic heterocycles. The zero-order valence-electron chi connectivity index (χ0n) is 23.3. The normalized spacial score (nSPS) is 15.2. The Morgan fingerprint density at radius 2 is 1.60 bits per heavy atom. The van der Waals surface area contributed by atoms with E-state index in [9.17, 15) is 9.59 Å². The van der Waals surface area contributed by atoms with Gasteiger partial charge in [0, 0.05) is 75.9 Å². The number of nitrogens with zero attached hydrogens (tertiary/aromatic N) is 4. The van der Waals surface area contributed by atoms with Crippen LogP contribution in [0.2, 0.25) is 5.02 Å². The van der Waals surface area contributed by atoms with Crippen molar-refractivity contribution in [3.63, 3.8) is 0 Å². The molecule has 40 heavy (non-hydrogen) atoms. The smallest absolute Gasteiger partial charge is 0.252 e. The number of pyridine rings is 1. The van der Waals surface area contributed by atoms with Crippen LogP contribution in [0.3, 0.4) is 0 Å². The van der Waals surface area contributed by atoms with Crippen LogP contribution < -0.4 is 4.90 Å². The first-order valence-electron chi connectivity index (χ1n) is 14.0. The molecule has 8 heteroatoms. The first-order valence-corrected chi connectivity index (χ1v) is 14.4. The largest absolute Gasteiger partial charge is 0.375 e. The van der Waals surface area contributed by atoms with E-state index >= 15 is 0 Å². The van der Waals surface area contributed by atoms with E-state index in [1.807, 2.05) is 58.3 Å². The van der Waals surface area contributed by atoms with Crippen LogP contribution >= 0.6 is 11.6 Å². The van der Waals surface area contributed by atoms with E-state index in [1.165, 1.54) is 11.1 Å². The van der Waals surface area contributed by atoms with Gasteiger partial charge in [-0.05, 0) is 72.7 Å². The van der Waals surface area contributed by atoms with Gasteiger partial charge in [0.2, 0.25) is 5.91 Å². The fourth-order valence-electron chi connectivity index (χ4n) is 5.19. The van der Waals surface area contributed by atoms with E-state index in [0.717, 1.165) is 61.6 Å². The lowest BCUT2D eigenvalue weighted by Gasteiger charge is -2.31. The van der Waals surface area contributed by atoms with Crippen molar-refractivity contribution in [3.8, 4) is 0 Å². The van der Waals surface area contributed by atoms with Crippen LogP contribution in [0, 0.1) is 0 Å². The van der Waals surface area contributed by atoms with Crippen molar-refractivity contribution < 1.29 is 14.3 Å². The lowest BCUT2D eigenvalue weighted by atomic mass is 10.1. The van der Waals surface area contributed by atoms with Crippen LogP contribution in [0.15, 0.2) is 73.1 Å². The van der Waals surface area contributed by atoms with Gasteiger partial charge in [-0.1, -0.05) is 41.9 Å². The van der Waals surface area contributed by atoms with Crippen molar-refractivity contribution >= 4 is 29.1 Å². The Hall–Kier alpha value is -3.26. The summed E-state index contributed by atoms with van der Waals surface area (Å²) < 4.78 is 5.21. The molecule has 212 valence electrons. The van der Waals surface area contributed by atoms with Crippen LogP contribution in [0.25, 0.3) is 0 Å². The summed E-state index contributed by atoms with van der Waals surface area (Å²) in [6, 6.07) is 19.9. The zero-order valence-corrected chi connectivity index (χ0v) is 24.1. The molecular weight excluding hydrogens is 524 g/mol. The number of rotatable bonds is 8. The number of halogens is 1. The number of methoxy groups -OCH3 is 1. The fraction of sp³-hybridized carbons (Fsp3) is 0.406. The second kappa shape index (κ2) is 15.5. The molecule has 4 rings (SSSR count). The average Bonchev–Trinajstić information content (AvgIpc) is 2.96. The second-order valence-corrected chi connectivity index (χ2v) is 10.7. The fourth-order valence-corrected chi connectivity index (χ4v) is 5.32. The molecule has 1 aliphatic heterocycles. The predicted molar refractivity (Wildman–Crippen MR) is 159 cm³/mol. The first-order chi connectivity index (χ1) is 19.5. The molecule has 0 saturated carbocycles. The summed E-state index contributed by atoms with van der Waals surface area (Å²) in [5, 5.41) is 0.724. The number of carbonyl (C=O) groups is 2. The number of carbonyl (C=O) groups excluding carboxylic acids is 2. The van der Waals surface area contributed by atoms with Gasteiger partial charge in [-0.3, -0.25) is 19.5 Å². The lowest BCUT2D eigenvalue weighted by molar-refractivity contribution is -0.132. The minimum atomic E-state index is -0.0773. The Morgan fingerprint density at radius 3 is 2.35 bits per heavy atom. The molecule has 7 nitrogen and oxygen atoms in total. The van der Waals surface area contributed by atoms with Crippen LogP contribution in [0.5, 0.6) is 0 Å². The number of benzene rings is 2. The molecule has 0 atom stereocenters. The standard InChI is InChI=1S/C32H39ClN4O3/c1-40-25-32(39)37-22-6-20-35(23-27-11-13-29(33)14-12-27)19-5-21-36(24-28-8-2-3-9-30(28)37)31(38)10-4-7-26-15-17-34-18-16-26/h2-3,8-9,11-18H,4-7,10,19-25H2,1H3. The summed E-state index contributed by atoms with van der Waals surface area (Å²) >= 11 is 6.10. The molecule has 2 amide bonds. The highest BCUT2D eigenvalue weighted by atomic mass is 35.5. The Morgan fingerprint density at radius 1 is 0.875 bits per heavy atom. The third kappa shape index (κ3) is 8.88. The van der Waals surface area contributed by atoms with E-state index < -0.39 is 0 Å².